The number of anilines is 1. The zero-order chi connectivity index (χ0) is 18.2. The number of aromatic nitrogens is 2. The highest BCUT2D eigenvalue weighted by molar-refractivity contribution is 7.15. The number of benzene rings is 1. The molecular formula is C18H25N3O3S. The van der Waals surface area contributed by atoms with Crippen LogP contribution in [0.3, 0.4) is 0 Å². The van der Waals surface area contributed by atoms with Crippen LogP contribution in [-0.2, 0) is 6.42 Å². The summed E-state index contributed by atoms with van der Waals surface area (Å²) in [5.41, 5.74) is 0.486. The molecule has 0 aliphatic heterocycles. The molecule has 1 N–H and O–H groups in total. The number of ether oxygens (including phenoxy) is 2. The topological polar surface area (TPSA) is 73.3 Å². The number of nitrogens with zero attached hydrogens (tertiary/aromatic N) is 2. The van der Waals surface area contributed by atoms with Crippen LogP contribution in [-0.4, -0.2) is 29.8 Å². The predicted octanol–water partition coefficient (Wildman–Crippen LogP) is 4.18. The Morgan fingerprint density at radius 3 is 2.76 bits per heavy atom. The van der Waals surface area contributed by atoms with Crippen molar-refractivity contribution in [3.05, 3.63) is 28.8 Å². The Balaban J connectivity index is 2.04. The Hall–Kier alpha value is -2.15. The summed E-state index contributed by atoms with van der Waals surface area (Å²) in [5, 5.41) is 12.3. The van der Waals surface area contributed by atoms with Gasteiger partial charge in [0.05, 0.1) is 13.7 Å². The van der Waals surface area contributed by atoms with Crippen LogP contribution in [0, 0.1) is 5.92 Å². The zero-order valence-corrected chi connectivity index (χ0v) is 16.0. The van der Waals surface area contributed by atoms with Gasteiger partial charge in [-0.1, -0.05) is 38.5 Å². The number of hydrogen-bond donors (Lipinski definition) is 1. The molecule has 0 fully saturated rings. The van der Waals surface area contributed by atoms with E-state index in [-0.39, 0.29) is 5.91 Å². The Morgan fingerprint density at radius 2 is 2.08 bits per heavy atom. The van der Waals surface area contributed by atoms with Gasteiger partial charge < -0.3 is 9.47 Å². The maximum absolute atomic E-state index is 12.4. The lowest BCUT2D eigenvalue weighted by molar-refractivity contribution is 0.102. The normalized spacial score (nSPS) is 10.8. The van der Waals surface area contributed by atoms with Crippen LogP contribution in [0.1, 0.15) is 49.0 Å². The van der Waals surface area contributed by atoms with E-state index >= 15 is 0 Å². The van der Waals surface area contributed by atoms with Crippen LogP contribution < -0.4 is 14.8 Å². The smallest absolute Gasteiger partial charge is 0.257 e. The van der Waals surface area contributed by atoms with Gasteiger partial charge >= 0.3 is 0 Å². The van der Waals surface area contributed by atoms with Crippen molar-refractivity contribution in [3.8, 4) is 11.5 Å². The number of unbranched alkanes of at least 4 members (excludes halogenated alkanes) is 1. The maximum atomic E-state index is 12.4. The second kappa shape index (κ2) is 9.36. The lowest BCUT2D eigenvalue weighted by Gasteiger charge is -2.11. The minimum atomic E-state index is -0.245. The lowest BCUT2D eigenvalue weighted by Crippen LogP contribution is -2.12. The maximum Gasteiger partial charge on any atom is 0.257 e. The van der Waals surface area contributed by atoms with E-state index in [1.54, 1.807) is 25.3 Å². The van der Waals surface area contributed by atoms with Gasteiger partial charge in [-0.2, -0.15) is 0 Å². The second-order valence-electron chi connectivity index (χ2n) is 6.12. The van der Waals surface area contributed by atoms with E-state index in [0.717, 1.165) is 24.3 Å². The summed E-state index contributed by atoms with van der Waals surface area (Å²) in [6.07, 6.45) is 2.88. The summed E-state index contributed by atoms with van der Waals surface area (Å²) in [6, 6.07) is 5.15. The van der Waals surface area contributed by atoms with E-state index in [1.807, 2.05) is 0 Å². The number of rotatable bonds is 9. The van der Waals surface area contributed by atoms with E-state index in [2.05, 4.69) is 36.3 Å². The fourth-order valence-corrected chi connectivity index (χ4v) is 3.11. The van der Waals surface area contributed by atoms with Crippen LogP contribution in [0.25, 0.3) is 0 Å². The highest BCUT2D eigenvalue weighted by Gasteiger charge is 2.14. The van der Waals surface area contributed by atoms with Gasteiger partial charge in [0.2, 0.25) is 5.13 Å². The number of hydrogen-bond acceptors (Lipinski definition) is 6. The van der Waals surface area contributed by atoms with Crippen molar-refractivity contribution in [3.63, 3.8) is 0 Å². The minimum Gasteiger partial charge on any atom is -0.493 e. The lowest BCUT2D eigenvalue weighted by atomic mass is 10.1. The monoisotopic (exact) mass is 363 g/mol. The molecule has 2 aromatic rings. The van der Waals surface area contributed by atoms with E-state index in [4.69, 9.17) is 9.47 Å². The average Bonchev–Trinajstić information content (AvgIpc) is 3.01. The van der Waals surface area contributed by atoms with Gasteiger partial charge in [-0.3, -0.25) is 10.1 Å². The molecule has 0 aliphatic carbocycles. The van der Waals surface area contributed by atoms with Crippen molar-refractivity contribution >= 4 is 22.4 Å². The standard InChI is InChI=1S/C18H25N3O3S/c1-5-6-9-24-14-8-7-13(11-15(14)23-4)17(22)19-18-21-20-16(25-18)10-12(2)3/h7-8,11-12H,5-6,9-10H2,1-4H3,(H,19,21,22). The van der Waals surface area contributed by atoms with Crippen LogP contribution in [0.2, 0.25) is 0 Å². The predicted molar refractivity (Wildman–Crippen MR) is 99.8 cm³/mol. The zero-order valence-electron chi connectivity index (χ0n) is 15.2. The highest BCUT2D eigenvalue weighted by atomic mass is 32.1. The molecule has 0 unspecified atom stereocenters. The van der Waals surface area contributed by atoms with E-state index < -0.39 is 0 Å². The van der Waals surface area contributed by atoms with Crippen molar-refractivity contribution in [1.29, 1.82) is 0 Å². The highest BCUT2D eigenvalue weighted by Crippen LogP contribution is 2.29. The Kier molecular flexibility index (Phi) is 7.18. The summed E-state index contributed by atoms with van der Waals surface area (Å²) in [4.78, 5) is 12.4. The third-order valence-corrected chi connectivity index (χ3v) is 4.31. The largest absolute Gasteiger partial charge is 0.493 e. The van der Waals surface area contributed by atoms with Crippen molar-refractivity contribution in [2.45, 2.75) is 40.0 Å². The minimum absolute atomic E-state index is 0.245. The molecule has 1 aromatic carbocycles. The fourth-order valence-electron chi connectivity index (χ4n) is 2.16. The van der Waals surface area contributed by atoms with Crippen molar-refractivity contribution in [2.24, 2.45) is 5.92 Å². The molecule has 7 heteroatoms. The molecular weight excluding hydrogens is 338 g/mol. The first kappa shape index (κ1) is 19.2. The van der Waals surface area contributed by atoms with Crippen LogP contribution in [0.5, 0.6) is 11.5 Å². The molecule has 25 heavy (non-hydrogen) atoms. The summed E-state index contributed by atoms with van der Waals surface area (Å²) in [6.45, 7) is 6.97. The quantitative estimate of drug-likeness (QED) is 0.677. The molecule has 136 valence electrons. The summed E-state index contributed by atoms with van der Waals surface area (Å²) >= 11 is 1.40. The average molecular weight is 363 g/mol. The summed E-state index contributed by atoms with van der Waals surface area (Å²) in [7, 11) is 1.56. The van der Waals surface area contributed by atoms with Gasteiger partial charge in [-0.25, -0.2) is 0 Å². The fraction of sp³-hybridized carbons (Fsp3) is 0.500. The molecule has 0 saturated carbocycles. The molecule has 0 aliphatic rings. The third-order valence-electron chi connectivity index (χ3n) is 3.45. The number of carbonyl (C=O) groups excluding carboxylic acids is 1. The van der Waals surface area contributed by atoms with Gasteiger partial charge in [0.1, 0.15) is 5.01 Å². The molecule has 0 bridgehead atoms. The molecule has 1 amide bonds. The van der Waals surface area contributed by atoms with Gasteiger partial charge in [-0.05, 0) is 30.5 Å². The first-order chi connectivity index (χ1) is 12.0. The Labute approximate surface area is 152 Å². The second-order valence-corrected chi connectivity index (χ2v) is 7.18. The first-order valence-electron chi connectivity index (χ1n) is 8.48. The molecule has 6 nitrogen and oxygen atoms in total. The van der Waals surface area contributed by atoms with Gasteiger partial charge in [-0.15, -0.1) is 10.2 Å². The van der Waals surface area contributed by atoms with E-state index in [0.29, 0.717) is 34.7 Å². The summed E-state index contributed by atoms with van der Waals surface area (Å²) < 4.78 is 11.0. The molecule has 0 spiro atoms. The van der Waals surface area contributed by atoms with Crippen molar-refractivity contribution < 1.29 is 14.3 Å². The molecule has 1 aromatic heterocycles. The van der Waals surface area contributed by atoms with Gasteiger partial charge in [0.15, 0.2) is 11.5 Å². The molecule has 0 radical (unpaired) electrons. The van der Waals surface area contributed by atoms with Crippen molar-refractivity contribution in [1.82, 2.24) is 10.2 Å². The Morgan fingerprint density at radius 1 is 1.28 bits per heavy atom. The Bertz CT molecular complexity index is 701. The number of nitrogens with one attached hydrogen (secondary N) is 1. The number of carbonyl (C=O) groups is 1. The van der Waals surface area contributed by atoms with Gasteiger partial charge in [0.25, 0.3) is 5.91 Å². The molecule has 0 atom stereocenters. The van der Waals surface area contributed by atoms with Gasteiger partial charge in [0, 0.05) is 12.0 Å². The first-order valence-corrected chi connectivity index (χ1v) is 9.29. The third kappa shape index (κ3) is 5.70. The van der Waals surface area contributed by atoms with Crippen molar-refractivity contribution in [2.75, 3.05) is 19.0 Å². The molecule has 1 heterocycles. The number of methoxy groups -OCH3 is 1. The van der Waals surface area contributed by atoms with Crippen LogP contribution in [0.15, 0.2) is 18.2 Å². The summed E-state index contributed by atoms with van der Waals surface area (Å²) in [5.74, 6) is 1.44. The SMILES string of the molecule is CCCCOc1ccc(C(=O)Nc2nnc(CC(C)C)s2)cc1OC. The molecule has 0 saturated heterocycles. The van der Waals surface area contributed by atoms with Crippen LogP contribution in [0.4, 0.5) is 5.13 Å². The molecule has 2 rings (SSSR count). The van der Waals surface area contributed by atoms with Crippen LogP contribution >= 0.6 is 11.3 Å². The van der Waals surface area contributed by atoms with E-state index in [1.165, 1.54) is 11.3 Å². The number of amides is 1. The van der Waals surface area contributed by atoms with E-state index in [9.17, 15) is 4.79 Å².